The minimum Gasteiger partial charge on any atom is -0.370 e. The molecule has 27 heavy (non-hydrogen) atoms. The van der Waals surface area contributed by atoms with Crippen LogP contribution in [0, 0.1) is 0 Å². The molecule has 0 bridgehead atoms. The van der Waals surface area contributed by atoms with Crippen LogP contribution < -0.4 is 5.32 Å². The van der Waals surface area contributed by atoms with Gasteiger partial charge in [-0.1, -0.05) is 34.1 Å². The fourth-order valence-electron chi connectivity index (χ4n) is 3.37. The van der Waals surface area contributed by atoms with Crippen molar-refractivity contribution in [3.63, 3.8) is 0 Å². The molecule has 0 saturated carbocycles. The Morgan fingerprint density at radius 1 is 1.04 bits per heavy atom. The summed E-state index contributed by atoms with van der Waals surface area (Å²) in [5.74, 6) is 0.859. The summed E-state index contributed by atoms with van der Waals surface area (Å²) in [4.78, 5) is 0. The molecular formula is C20H17BrF3N3. The molecule has 0 amide bonds. The number of rotatable bonds is 2. The van der Waals surface area contributed by atoms with E-state index >= 15 is 0 Å². The molecule has 1 aliphatic rings. The first kappa shape index (κ1) is 18.1. The van der Waals surface area contributed by atoms with Crippen molar-refractivity contribution in [3.05, 3.63) is 64.1 Å². The van der Waals surface area contributed by atoms with Gasteiger partial charge in [0.25, 0.3) is 0 Å². The van der Waals surface area contributed by atoms with E-state index in [-0.39, 0.29) is 0 Å². The smallest absolute Gasteiger partial charge is 0.370 e. The number of nitrogens with zero attached hydrogens (tertiary/aromatic N) is 2. The lowest BCUT2D eigenvalue weighted by molar-refractivity contribution is -0.137. The average Bonchev–Trinajstić information content (AvgIpc) is 2.82. The predicted molar refractivity (Wildman–Crippen MR) is 103 cm³/mol. The van der Waals surface area contributed by atoms with Gasteiger partial charge >= 0.3 is 6.18 Å². The zero-order valence-corrected chi connectivity index (χ0v) is 15.9. The number of aromatic nitrogens is 2. The molecule has 0 fully saturated rings. The van der Waals surface area contributed by atoms with Crippen LogP contribution >= 0.6 is 15.9 Å². The molecule has 1 N–H and O–H groups in total. The molecule has 2 aromatic carbocycles. The maximum absolute atomic E-state index is 13.2. The number of alkyl halides is 3. The highest BCUT2D eigenvalue weighted by atomic mass is 79.9. The maximum atomic E-state index is 13.2. The normalized spacial score (nSPS) is 14.4. The second-order valence-corrected chi connectivity index (χ2v) is 7.45. The molecule has 0 radical (unpaired) electrons. The lowest BCUT2D eigenvalue weighted by atomic mass is 10.0. The molecule has 4 rings (SSSR count). The van der Waals surface area contributed by atoms with Crippen molar-refractivity contribution in [1.29, 1.82) is 0 Å². The fraction of sp³-hybridized carbons (Fsp3) is 0.250. The van der Waals surface area contributed by atoms with E-state index in [0.29, 0.717) is 11.3 Å². The van der Waals surface area contributed by atoms with Gasteiger partial charge in [0, 0.05) is 22.1 Å². The third kappa shape index (κ3) is 3.60. The minimum absolute atomic E-state index is 0.485. The summed E-state index contributed by atoms with van der Waals surface area (Å²) >= 11 is 3.47. The van der Waals surface area contributed by atoms with Crippen LogP contribution in [0.2, 0.25) is 0 Å². The first-order valence-corrected chi connectivity index (χ1v) is 9.52. The molecule has 0 atom stereocenters. The Labute approximate surface area is 163 Å². The Kier molecular flexibility index (Phi) is 4.72. The van der Waals surface area contributed by atoms with Crippen LogP contribution in [0.3, 0.4) is 0 Å². The SMILES string of the molecule is FC(F)(F)c1cccc(-c2nn(-c3cccc(Br)c3)c3c2CCCCN3)c1. The van der Waals surface area contributed by atoms with Crippen molar-refractivity contribution >= 4 is 21.7 Å². The Bertz CT molecular complexity index is 979. The number of hydrogen-bond donors (Lipinski definition) is 1. The summed E-state index contributed by atoms with van der Waals surface area (Å²) in [6.45, 7) is 0.814. The monoisotopic (exact) mass is 435 g/mol. The van der Waals surface area contributed by atoms with E-state index in [0.717, 1.165) is 53.4 Å². The molecule has 140 valence electrons. The molecular weight excluding hydrogens is 419 g/mol. The molecule has 2 heterocycles. The molecule has 0 spiro atoms. The van der Waals surface area contributed by atoms with E-state index in [1.165, 1.54) is 12.1 Å². The molecule has 0 saturated heterocycles. The van der Waals surface area contributed by atoms with Crippen molar-refractivity contribution in [2.45, 2.75) is 25.4 Å². The largest absolute Gasteiger partial charge is 0.416 e. The number of anilines is 1. The third-order valence-electron chi connectivity index (χ3n) is 4.65. The van der Waals surface area contributed by atoms with E-state index < -0.39 is 11.7 Å². The Balaban J connectivity index is 1.89. The van der Waals surface area contributed by atoms with Gasteiger partial charge in [0.15, 0.2) is 0 Å². The number of halogens is 4. The van der Waals surface area contributed by atoms with E-state index in [1.54, 1.807) is 10.7 Å². The van der Waals surface area contributed by atoms with E-state index in [4.69, 9.17) is 5.10 Å². The molecule has 1 aliphatic heterocycles. The van der Waals surface area contributed by atoms with Gasteiger partial charge in [-0.3, -0.25) is 0 Å². The van der Waals surface area contributed by atoms with Gasteiger partial charge in [0.1, 0.15) is 5.82 Å². The van der Waals surface area contributed by atoms with Gasteiger partial charge < -0.3 is 5.32 Å². The standard InChI is InChI=1S/C20H17BrF3N3/c21-15-7-4-8-16(12-15)27-19-17(9-1-2-10-25-19)18(26-27)13-5-3-6-14(11-13)20(22,23)24/h3-8,11-12,25H,1-2,9-10H2. The Morgan fingerprint density at radius 2 is 1.85 bits per heavy atom. The van der Waals surface area contributed by atoms with Crippen LogP contribution in [0.1, 0.15) is 24.0 Å². The van der Waals surface area contributed by atoms with E-state index in [1.807, 2.05) is 24.3 Å². The van der Waals surface area contributed by atoms with Crippen molar-refractivity contribution < 1.29 is 13.2 Å². The van der Waals surface area contributed by atoms with Crippen LogP contribution in [0.25, 0.3) is 16.9 Å². The summed E-state index contributed by atoms with van der Waals surface area (Å²) < 4.78 is 42.2. The van der Waals surface area contributed by atoms with Crippen LogP contribution in [0.5, 0.6) is 0 Å². The van der Waals surface area contributed by atoms with E-state index in [9.17, 15) is 13.2 Å². The third-order valence-corrected chi connectivity index (χ3v) is 5.14. The summed E-state index contributed by atoms with van der Waals surface area (Å²) in [7, 11) is 0. The topological polar surface area (TPSA) is 29.9 Å². The van der Waals surface area contributed by atoms with Crippen molar-refractivity contribution in [2.75, 3.05) is 11.9 Å². The van der Waals surface area contributed by atoms with Gasteiger partial charge in [-0.15, -0.1) is 0 Å². The second kappa shape index (κ2) is 7.03. The van der Waals surface area contributed by atoms with Crippen LogP contribution in [0.15, 0.2) is 53.0 Å². The lowest BCUT2D eigenvalue weighted by Crippen LogP contribution is -2.07. The minimum atomic E-state index is -4.38. The van der Waals surface area contributed by atoms with Gasteiger partial charge in [-0.05, 0) is 49.6 Å². The van der Waals surface area contributed by atoms with Gasteiger partial charge in [0.2, 0.25) is 0 Å². The summed E-state index contributed by atoms with van der Waals surface area (Å²) in [5.41, 5.74) is 2.25. The summed E-state index contributed by atoms with van der Waals surface area (Å²) in [6.07, 6.45) is -1.62. The number of benzene rings is 2. The highest BCUT2D eigenvalue weighted by Crippen LogP contribution is 2.37. The van der Waals surface area contributed by atoms with Crippen LogP contribution in [-0.4, -0.2) is 16.3 Å². The predicted octanol–water partition coefficient (Wildman–Crippen LogP) is 6.07. The highest BCUT2D eigenvalue weighted by molar-refractivity contribution is 9.10. The lowest BCUT2D eigenvalue weighted by Gasteiger charge is -2.09. The molecule has 0 unspecified atom stereocenters. The second-order valence-electron chi connectivity index (χ2n) is 6.53. The number of fused-ring (bicyclic) bond motifs is 1. The summed E-state index contributed by atoms with van der Waals surface area (Å²) in [5, 5.41) is 8.11. The van der Waals surface area contributed by atoms with Crippen molar-refractivity contribution in [3.8, 4) is 16.9 Å². The molecule has 3 nitrogen and oxygen atoms in total. The molecule has 0 aliphatic carbocycles. The van der Waals surface area contributed by atoms with E-state index in [2.05, 4.69) is 21.2 Å². The number of nitrogens with one attached hydrogen (secondary N) is 1. The highest BCUT2D eigenvalue weighted by Gasteiger charge is 2.31. The van der Waals surface area contributed by atoms with Crippen LogP contribution in [0.4, 0.5) is 19.0 Å². The van der Waals surface area contributed by atoms with Crippen molar-refractivity contribution in [2.24, 2.45) is 0 Å². The fourth-order valence-corrected chi connectivity index (χ4v) is 3.76. The Hall–Kier alpha value is -2.28. The van der Waals surface area contributed by atoms with Gasteiger partial charge in [0.05, 0.1) is 16.9 Å². The first-order valence-electron chi connectivity index (χ1n) is 8.73. The quantitative estimate of drug-likeness (QED) is 0.529. The first-order chi connectivity index (χ1) is 12.9. The van der Waals surface area contributed by atoms with Gasteiger partial charge in [-0.25, -0.2) is 4.68 Å². The summed E-state index contributed by atoms with van der Waals surface area (Å²) in [6, 6.07) is 13.1. The Morgan fingerprint density at radius 3 is 2.63 bits per heavy atom. The van der Waals surface area contributed by atoms with Crippen molar-refractivity contribution in [1.82, 2.24) is 9.78 Å². The average molecular weight is 436 g/mol. The maximum Gasteiger partial charge on any atom is 0.416 e. The van der Waals surface area contributed by atoms with Gasteiger partial charge in [-0.2, -0.15) is 18.3 Å². The molecule has 7 heteroatoms. The molecule has 3 aromatic rings. The molecule has 1 aromatic heterocycles. The zero-order valence-electron chi connectivity index (χ0n) is 14.4. The van der Waals surface area contributed by atoms with Crippen LogP contribution in [-0.2, 0) is 12.6 Å². The zero-order chi connectivity index (χ0) is 19.0. The number of hydrogen-bond acceptors (Lipinski definition) is 2.